The number of nitrogens with zero attached hydrogens (tertiary/aromatic N) is 1. The van der Waals surface area contributed by atoms with Crippen LogP contribution in [0, 0.1) is 5.92 Å². The standard InChI is InChI=1S/C11H17BrN4O.ClH/c1-6(2)9-8(12)10(16-15-9)11(17)14-5-7-3-13-4-7;/h6-7,13H,3-5H2,1-2H3,(H,14,17)(H,15,16);1H. The van der Waals surface area contributed by atoms with Gasteiger partial charge in [-0.1, -0.05) is 13.8 Å². The maximum absolute atomic E-state index is 11.9. The Kier molecular flexibility index (Phi) is 5.62. The number of hydrogen-bond donors (Lipinski definition) is 3. The molecule has 0 radical (unpaired) electrons. The highest BCUT2D eigenvalue weighted by Gasteiger charge is 2.21. The van der Waals surface area contributed by atoms with E-state index in [0.29, 0.717) is 24.1 Å². The van der Waals surface area contributed by atoms with Crippen LogP contribution >= 0.6 is 28.3 Å². The van der Waals surface area contributed by atoms with E-state index >= 15 is 0 Å². The molecule has 7 heteroatoms. The van der Waals surface area contributed by atoms with E-state index < -0.39 is 0 Å². The van der Waals surface area contributed by atoms with Gasteiger partial charge in [0.05, 0.1) is 10.2 Å². The summed E-state index contributed by atoms with van der Waals surface area (Å²) >= 11 is 3.42. The average Bonchev–Trinajstić information content (AvgIpc) is 2.57. The highest BCUT2D eigenvalue weighted by molar-refractivity contribution is 9.10. The maximum atomic E-state index is 11.9. The molecule has 0 bridgehead atoms. The van der Waals surface area contributed by atoms with Crippen molar-refractivity contribution in [3.8, 4) is 0 Å². The summed E-state index contributed by atoms with van der Waals surface area (Å²) in [7, 11) is 0. The molecule has 0 saturated carbocycles. The number of halogens is 2. The number of carbonyl (C=O) groups excluding carboxylic acids is 1. The predicted octanol–water partition coefficient (Wildman–Crippen LogP) is 1.67. The van der Waals surface area contributed by atoms with E-state index in [-0.39, 0.29) is 18.3 Å². The van der Waals surface area contributed by atoms with E-state index in [1.54, 1.807) is 0 Å². The second-order valence-electron chi connectivity index (χ2n) is 4.69. The number of nitrogens with one attached hydrogen (secondary N) is 3. The van der Waals surface area contributed by atoms with Gasteiger partial charge in [0.1, 0.15) is 0 Å². The Morgan fingerprint density at radius 2 is 2.22 bits per heavy atom. The topological polar surface area (TPSA) is 69.8 Å². The number of amides is 1. The number of carbonyl (C=O) groups is 1. The Hall–Kier alpha value is -0.590. The quantitative estimate of drug-likeness (QED) is 0.783. The molecular formula is C11H18BrClN4O. The van der Waals surface area contributed by atoms with Gasteiger partial charge in [-0.3, -0.25) is 9.89 Å². The Bertz CT molecular complexity index is 417. The summed E-state index contributed by atoms with van der Waals surface area (Å²) in [5.74, 6) is 0.752. The van der Waals surface area contributed by atoms with Crippen molar-refractivity contribution in [1.29, 1.82) is 0 Å². The average molecular weight is 338 g/mol. The maximum Gasteiger partial charge on any atom is 0.272 e. The normalized spacial score (nSPS) is 15.1. The van der Waals surface area contributed by atoms with Gasteiger partial charge in [0.2, 0.25) is 0 Å². The number of aromatic amines is 1. The first-order valence-electron chi connectivity index (χ1n) is 5.82. The monoisotopic (exact) mass is 336 g/mol. The van der Waals surface area contributed by atoms with Gasteiger partial charge in [0, 0.05) is 25.6 Å². The lowest BCUT2D eigenvalue weighted by Crippen LogP contribution is -2.48. The molecule has 1 aliphatic heterocycles. The molecule has 0 unspecified atom stereocenters. The molecule has 1 saturated heterocycles. The van der Waals surface area contributed by atoms with Gasteiger partial charge in [0.15, 0.2) is 5.69 Å². The van der Waals surface area contributed by atoms with Crippen LogP contribution in [0.5, 0.6) is 0 Å². The van der Waals surface area contributed by atoms with Gasteiger partial charge in [0.25, 0.3) is 5.91 Å². The molecule has 1 aromatic rings. The van der Waals surface area contributed by atoms with Gasteiger partial charge in [-0.2, -0.15) is 5.10 Å². The van der Waals surface area contributed by atoms with Crippen LogP contribution in [-0.2, 0) is 0 Å². The molecule has 1 fully saturated rings. The van der Waals surface area contributed by atoms with Gasteiger partial charge in [-0.15, -0.1) is 12.4 Å². The summed E-state index contributed by atoms with van der Waals surface area (Å²) < 4.78 is 0.775. The largest absolute Gasteiger partial charge is 0.350 e. The third kappa shape index (κ3) is 3.24. The van der Waals surface area contributed by atoms with Crippen molar-refractivity contribution in [3.05, 3.63) is 15.9 Å². The molecule has 3 N–H and O–H groups in total. The molecular weight excluding hydrogens is 320 g/mol. The molecule has 0 spiro atoms. The first-order valence-corrected chi connectivity index (χ1v) is 6.61. The van der Waals surface area contributed by atoms with Gasteiger partial charge in [-0.05, 0) is 21.8 Å². The van der Waals surface area contributed by atoms with Crippen molar-refractivity contribution in [1.82, 2.24) is 20.8 Å². The smallest absolute Gasteiger partial charge is 0.272 e. The molecule has 1 aromatic heterocycles. The van der Waals surface area contributed by atoms with Crippen molar-refractivity contribution in [2.75, 3.05) is 19.6 Å². The Balaban J connectivity index is 0.00000162. The van der Waals surface area contributed by atoms with Gasteiger partial charge < -0.3 is 10.6 Å². The van der Waals surface area contributed by atoms with E-state index in [4.69, 9.17) is 0 Å². The van der Waals surface area contributed by atoms with Crippen molar-refractivity contribution >= 4 is 34.2 Å². The lowest BCUT2D eigenvalue weighted by molar-refractivity contribution is 0.0936. The van der Waals surface area contributed by atoms with Crippen LogP contribution in [-0.4, -0.2) is 35.7 Å². The highest BCUT2D eigenvalue weighted by Crippen LogP contribution is 2.25. The number of aromatic nitrogens is 2. The molecule has 0 aliphatic carbocycles. The Morgan fingerprint density at radius 1 is 1.56 bits per heavy atom. The second-order valence-corrected chi connectivity index (χ2v) is 5.48. The van der Waals surface area contributed by atoms with Crippen molar-refractivity contribution in [3.63, 3.8) is 0 Å². The predicted molar refractivity (Wildman–Crippen MR) is 76.3 cm³/mol. The Labute approximate surface area is 121 Å². The molecule has 0 atom stereocenters. The van der Waals surface area contributed by atoms with Crippen LogP contribution < -0.4 is 10.6 Å². The lowest BCUT2D eigenvalue weighted by Gasteiger charge is -2.26. The van der Waals surface area contributed by atoms with E-state index in [9.17, 15) is 4.79 Å². The fraction of sp³-hybridized carbons (Fsp3) is 0.636. The first kappa shape index (κ1) is 15.5. The van der Waals surface area contributed by atoms with Gasteiger partial charge >= 0.3 is 0 Å². The zero-order valence-corrected chi connectivity index (χ0v) is 12.8. The van der Waals surface area contributed by atoms with Gasteiger partial charge in [-0.25, -0.2) is 0 Å². The van der Waals surface area contributed by atoms with E-state index in [1.165, 1.54) is 0 Å². The van der Waals surface area contributed by atoms with E-state index in [2.05, 4.69) is 50.6 Å². The summed E-state index contributed by atoms with van der Waals surface area (Å²) in [6, 6.07) is 0. The molecule has 2 heterocycles. The van der Waals surface area contributed by atoms with Crippen LogP contribution in [0.3, 0.4) is 0 Å². The fourth-order valence-electron chi connectivity index (χ4n) is 1.69. The summed E-state index contributed by atoms with van der Waals surface area (Å²) in [4.78, 5) is 11.9. The molecule has 2 rings (SSSR count). The molecule has 1 amide bonds. The fourth-order valence-corrected chi connectivity index (χ4v) is 2.50. The number of rotatable bonds is 4. The van der Waals surface area contributed by atoms with Crippen LogP contribution in [0.4, 0.5) is 0 Å². The van der Waals surface area contributed by atoms with Crippen LogP contribution in [0.1, 0.15) is 35.9 Å². The third-order valence-corrected chi connectivity index (χ3v) is 3.75. The highest BCUT2D eigenvalue weighted by atomic mass is 79.9. The summed E-state index contributed by atoms with van der Waals surface area (Å²) in [5.41, 5.74) is 1.40. The molecule has 5 nitrogen and oxygen atoms in total. The minimum Gasteiger partial charge on any atom is -0.350 e. The van der Waals surface area contributed by atoms with Crippen molar-refractivity contribution in [2.24, 2.45) is 5.92 Å². The second kappa shape index (κ2) is 6.54. The minimum atomic E-state index is -0.119. The lowest BCUT2D eigenvalue weighted by atomic mass is 10.0. The van der Waals surface area contributed by atoms with E-state index in [0.717, 1.165) is 23.3 Å². The summed E-state index contributed by atoms with van der Waals surface area (Å²) in [5, 5.41) is 13.0. The Morgan fingerprint density at radius 3 is 2.67 bits per heavy atom. The van der Waals surface area contributed by atoms with Crippen LogP contribution in [0.15, 0.2) is 4.47 Å². The summed E-state index contributed by atoms with van der Waals surface area (Å²) in [6.07, 6.45) is 0. The molecule has 102 valence electrons. The number of hydrogen-bond acceptors (Lipinski definition) is 3. The SMILES string of the molecule is CC(C)c1[nH]nc(C(=O)NCC2CNC2)c1Br.Cl. The zero-order chi connectivity index (χ0) is 12.4. The first-order chi connectivity index (χ1) is 8.09. The molecule has 18 heavy (non-hydrogen) atoms. The van der Waals surface area contributed by atoms with Crippen LogP contribution in [0.2, 0.25) is 0 Å². The summed E-state index contributed by atoms with van der Waals surface area (Å²) in [6.45, 7) is 6.79. The minimum absolute atomic E-state index is 0. The van der Waals surface area contributed by atoms with Crippen molar-refractivity contribution < 1.29 is 4.79 Å². The third-order valence-electron chi connectivity index (χ3n) is 2.94. The molecule has 0 aromatic carbocycles. The van der Waals surface area contributed by atoms with Crippen molar-refractivity contribution in [2.45, 2.75) is 19.8 Å². The molecule has 1 aliphatic rings. The van der Waals surface area contributed by atoms with Crippen LogP contribution in [0.25, 0.3) is 0 Å². The number of H-pyrrole nitrogens is 1. The van der Waals surface area contributed by atoms with E-state index in [1.807, 2.05) is 0 Å². The zero-order valence-electron chi connectivity index (χ0n) is 10.4.